The van der Waals surface area contributed by atoms with Crippen LogP contribution in [0.4, 0.5) is 0 Å². The van der Waals surface area contributed by atoms with Crippen molar-refractivity contribution in [1.29, 1.82) is 0 Å². The lowest BCUT2D eigenvalue weighted by Crippen LogP contribution is -2.27. The second-order valence-corrected chi connectivity index (χ2v) is 7.66. The van der Waals surface area contributed by atoms with Crippen LogP contribution in [-0.2, 0) is 0 Å². The fraction of sp³-hybridized carbons (Fsp3) is 0.286. The Hall–Kier alpha value is -2.53. The minimum absolute atomic E-state index is 0.0647. The molecule has 134 valence electrons. The van der Waals surface area contributed by atoms with Crippen LogP contribution < -0.4 is 5.32 Å². The Labute approximate surface area is 158 Å². The maximum atomic E-state index is 12.8. The van der Waals surface area contributed by atoms with Crippen molar-refractivity contribution in [3.63, 3.8) is 0 Å². The van der Waals surface area contributed by atoms with Gasteiger partial charge in [0, 0.05) is 18.0 Å². The fourth-order valence-electron chi connectivity index (χ4n) is 3.01. The molecule has 0 bridgehead atoms. The van der Waals surface area contributed by atoms with Gasteiger partial charge in [-0.2, -0.15) is 0 Å². The molecule has 3 aromatic rings. The molecule has 0 saturated heterocycles. The van der Waals surface area contributed by atoms with E-state index < -0.39 is 0 Å². The van der Waals surface area contributed by atoms with Gasteiger partial charge in [-0.3, -0.25) is 9.78 Å². The SMILES string of the molecule is Cc1cc(C)c(C(C)NC(=O)c2sc(-c3cccnc3)nc2C)cc1C. The van der Waals surface area contributed by atoms with Gasteiger partial charge in [0.25, 0.3) is 5.91 Å². The highest BCUT2D eigenvalue weighted by Crippen LogP contribution is 2.28. The molecular weight excluding hydrogens is 342 g/mol. The van der Waals surface area contributed by atoms with Crippen LogP contribution in [0.2, 0.25) is 0 Å². The van der Waals surface area contributed by atoms with Gasteiger partial charge in [0.1, 0.15) is 9.88 Å². The second-order valence-electron chi connectivity index (χ2n) is 6.66. The minimum Gasteiger partial charge on any atom is -0.345 e. The van der Waals surface area contributed by atoms with E-state index in [1.807, 2.05) is 26.0 Å². The topological polar surface area (TPSA) is 54.9 Å². The molecular formula is C21H23N3OS. The van der Waals surface area contributed by atoms with Gasteiger partial charge in [0.05, 0.1) is 11.7 Å². The molecule has 0 fully saturated rings. The molecule has 2 heterocycles. The lowest BCUT2D eigenvalue weighted by Gasteiger charge is -2.18. The lowest BCUT2D eigenvalue weighted by atomic mass is 9.96. The molecule has 0 saturated carbocycles. The largest absolute Gasteiger partial charge is 0.345 e. The molecule has 26 heavy (non-hydrogen) atoms. The van der Waals surface area contributed by atoms with Crippen molar-refractivity contribution in [2.75, 3.05) is 0 Å². The van der Waals surface area contributed by atoms with Crippen LogP contribution >= 0.6 is 11.3 Å². The molecule has 0 aliphatic rings. The molecule has 1 unspecified atom stereocenters. The number of hydrogen-bond donors (Lipinski definition) is 1. The van der Waals surface area contributed by atoms with E-state index in [1.54, 1.807) is 12.4 Å². The van der Waals surface area contributed by atoms with Gasteiger partial charge in [-0.15, -0.1) is 11.3 Å². The Morgan fingerprint density at radius 3 is 2.54 bits per heavy atom. The fourth-order valence-corrected chi connectivity index (χ4v) is 3.97. The summed E-state index contributed by atoms with van der Waals surface area (Å²) in [6.45, 7) is 10.2. The van der Waals surface area contributed by atoms with Gasteiger partial charge in [0.2, 0.25) is 0 Å². The number of carbonyl (C=O) groups excluding carboxylic acids is 1. The monoisotopic (exact) mass is 365 g/mol. The van der Waals surface area contributed by atoms with Gasteiger partial charge >= 0.3 is 0 Å². The number of nitrogens with one attached hydrogen (secondary N) is 1. The number of pyridine rings is 1. The van der Waals surface area contributed by atoms with Crippen LogP contribution in [-0.4, -0.2) is 15.9 Å². The number of thiazole rings is 1. The summed E-state index contributed by atoms with van der Waals surface area (Å²) >= 11 is 1.40. The first-order valence-corrected chi connectivity index (χ1v) is 9.45. The molecule has 0 aliphatic carbocycles. The first-order chi connectivity index (χ1) is 12.4. The van der Waals surface area contributed by atoms with E-state index >= 15 is 0 Å². The number of aryl methyl sites for hydroxylation is 4. The zero-order valence-corrected chi connectivity index (χ0v) is 16.6. The summed E-state index contributed by atoms with van der Waals surface area (Å²) in [6.07, 6.45) is 3.49. The van der Waals surface area contributed by atoms with E-state index in [4.69, 9.17) is 0 Å². The number of hydrogen-bond acceptors (Lipinski definition) is 4. The van der Waals surface area contributed by atoms with E-state index in [1.165, 1.54) is 28.0 Å². The molecule has 1 atom stereocenters. The predicted molar refractivity (Wildman–Crippen MR) is 107 cm³/mol. The third kappa shape index (κ3) is 3.68. The van der Waals surface area contributed by atoms with Crippen molar-refractivity contribution >= 4 is 17.2 Å². The number of carbonyl (C=O) groups is 1. The maximum Gasteiger partial charge on any atom is 0.263 e. The standard InChI is InChI=1S/C21H23N3OS/c1-12-9-14(3)18(10-13(12)2)15(4)23-20(25)19-16(5)24-21(26-19)17-7-6-8-22-11-17/h6-11,15H,1-5H3,(H,23,25). The average molecular weight is 366 g/mol. The van der Waals surface area contributed by atoms with Gasteiger partial charge < -0.3 is 5.32 Å². The lowest BCUT2D eigenvalue weighted by molar-refractivity contribution is 0.0943. The van der Waals surface area contributed by atoms with E-state index in [0.29, 0.717) is 4.88 Å². The maximum absolute atomic E-state index is 12.8. The molecule has 1 N–H and O–H groups in total. The first-order valence-electron chi connectivity index (χ1n) is 8.63. The van der Waals surface area contributed by atoms with Crippen molar-refractivity contribution in [3.8, 4) is 10.6 Å². The highest BCUT2D eigenvalue weighted by atomic mass is 32.1. The molecule has 0 spiro atoms. The molecule has 3 rings (SSSR count). The number of aromatic nitrogens is 2. The first kappa shape index (κ1) is 18.3. The number of rotatable bonds is 4. The quantitative estimate of drug-likeness (QED) is 0.713. The molecule has 5 heteroatoms. The van der Waals surface area contributed by atoms with Gasteiger partial charge in [-0.05, 0) is 69.0 Å². The molecule has 0 radical (unpaired) electrons. The number of nitrogens with zero attached hydrogens (tertiary/aromatic N) is 2. The van der Waals surface area contributed by atoms with E-state index in [-0.39, 0.29) is 11.9 Å². The van der Waals surface area contributed by atoms with Crippen molar-refractivity contribution in [1.82, 2.24) is 15.3 Å². The van der Waals surface area contributed by atoms with Crippen molar-refractivity contribution < 1.29 is 4.79 Å². The Kier molecular flexibility index (Phi) is 5.18. The normalized spacial score (nSPS) is 12.0. The summed E-state index contributed by atoms with van der Waals surface area (Å²) < 4.78 is 0. The van der Waals surface area contributed by atoms with Crippen molar-refractivity contribution in [2.24, 2.45) is 0 Å². The average Bonchev–Trinajstić information content (AvgIpc) is 3.00. The Morgan fingerprint density at radius 2 is 1.85 bits per heavy atom. The third-order valence-electron chi connectivity index (χ3n) is 4.61. The molecule has 4 nitrogen and oxygen atoms in total. The van der Waals surface area contributed by atoms with Crippen LogP contribution in [0, 0.1) is 27.7 Å². The minimum atomic E-state index is -0.0831. The number of amides is 1. The highest BCUT2D eigenvalue weighted by Gasteiger charge is 2.19. The smallest absolute Gasteiger partial charge is 0.263 e. The molecule has 1 aromatic carbocycles. The van der Waals surface area contributed by atoms with Crippen LogP contribution in [0.1, 0.15) is 50.6 Å². The summed E-state index contributed by atoms with van der Waals surface area (Å²) in [7, 11) is 0. The van der Waals surface area contributed by atoms with Crippen LogP contribution in [0.3, 0.4) is 0 Å². The van der Waals surface area contributed by atoms with Gasteiger partial charge in [0.15, 0.2) is 0 Å². The summed E-state index contributed by atoms with van der Waals surface area (Å²) in [5, 5.41) is 3.94. The Morgan fingerprint density at radius 1 is 1.12 bits per heavy atom. The van der Waals surface area contributed by atoms with E-state index in [2.05, 4.69) is 48.2 Å². The molecule has 2 aromatic heterocycles. The molecule has 1 amide bonds. The summed E-state index contributed by atoms with van der Waals surface area (Å²) in [6, 6.07) is 8.09. The summed E-state index contributed by atoms with van der Waals surface area (Å²) in [5.74, 6) is -0.0831. The van der Waals surface area contributed by atoms with Crippen LogP contribution in [0.25, 0.3) is 10.6 Å². The van der Waals surface area contributed by atoms with Gasteiger partial charge in [-0.25, -0.2) is 4.98 Å². The zero-order valence-electron chi connectivity index (χ0n) is 15.8. The Balaban J connectivity index is 1.82. The summed E-state index contributed by atoms with van der Waals surface area (Å²) in [5.41, 5.74) is 6.52. The molecule has 0 aliphatic heterocycles. The second kappa shape index (κ2) is 7.38. The van der Waals surface area contributed by atoms with E-state index in [9.17, 15) is 4.79 Å². The van der Waals surface area contributed by atoms with Gasteiger partial charge in [-0.1, -0.05) is 12.1 Å². The van der Waals surface area contributed by atoms with Crippen LogP contribution in [0.5, 0.6) is 0 Å². The van der Waals surface area contributed by atoms with E-state index in [0.717, 1.165) is 21.8 Å². The van der Waals surface area contributed by atoms with Crippen molar-refractivity contribution in [3.05, 3.63) is 69.5 Å². The Bertz CT molecular complexity index is 947. The van der Waals surface area contributed by atoms with Crippen LogP contribution in [0.15, 0.2) is 36.7 Å². The zero-order chi connectivity index (χ0) is 18.8. The highest BCUT2D eigenvalue weighted by molar-refractivity contribution is 7.17. The number of benzene rings is 1. The summed E-state index contributed by atoms with van der Waals surface area (Å²) in [4.78, 5) is 22.1. The predicted octanol–water partition coefficient (Wildman–Crippen LogP) is 4.93. The third-order valence-corrected chi connectivity index (χ3v) is 5.81. The van der Waals surface area contributed by atoms with Crippen molar-refractivity contribution in [2.45, 2.75) is 40.7 Å².